The molecule has 2 N–H and O–H groups in total. The fraction of sp³-hybridized carbons (Fsp3) is 0.323. The molecule has 0 radical (unpaired) electrons. The quantitative estimate of drug-likeness (QED) is 0.171. The molecule has 1 atom stereocenters. The first-order valence-corrected chi connectivity index (χ1v) is 14.2. The first-order valence-electron chi connectivity index (χ1n) is 13.9. The van der Waals surface area contributed by atoms with Crippen molar-refractivity contribution in [3.05, 3.63) is 82.6 Å². The van der Waals surface area contributed by atoms with Gasteiger partial charge in [-0.3, -0.25) is 9.97 Å². The number of anilines is 2. The molecule has 0 bridgehead atoms. The Morgan fingerprint density at radius 3 is 2.59 bits per heavy atom. The lowest BCUT2D eigenvalue weighted by Crippen LogP contribution is -2.38. The number of nitriles is 1. The minimum atomic E-state index is -4.48. The third-order valence-corrected chi connectivity index (χ3v) is 8.52. The third-order valence-electron chi connectivity index (χ3n) is 8.23. The number of rotatable bonds is 8. The van der Waals surface area contributed by atoms with E-state index in [0.717, 1.165) is 26.7 Å². The summed E-state index contributed by atoms with van der Waals surface area (Å²) >= 11 is 6.67. The van der Waals surface area contributed by atoms with Crippen LogP contribution in [0.15, 0.2) is 55.0 Å². The van der Waals surface area contributed by atoms with Gasteiger partial charge in [0, 0.05) is 35.4 Å². The maximum Gasteiger partial charge on any atom is 0.395 e. The Balaban J connectivity index is 1.47. The number of benzene rings is 2. The molecule has 13 heteroatoms. The van der Waals surface area contributed by atoms with E-state index in [1.54, 1.807) is 30.3 Å². The lowest BCUT2D eigenvalue weighted by molar-refractivity contribution is -0.206. The van der Waals surface area contributed by atoms with E-state index in [4.69, 9.17) is 11.6 Å². The number of halogens is 5. The van der Waals surface area contributed by atoms with Gasteiger partial charge in [0.1, 0.15) is 23.1 Å². The average Bonchev–Trinajstić information content (AvgIpc) is 3.53. The highest BCUT2D eigenvalue weighted by molar-refractivity contribution is 6.35. The first kappa shape index (κ1) is 29.6. The van der Waals surface area contributed by atoms with Gasteiger partial charge >= 0.3 is 6.18 Å². The van der Waals surface area contributed by atoms with Crippen LogP contribution in [0.4, 0.5) is 28.9 Å². The van der Waals surface area contributed by atoms with Gasteiger partial charge in [0.05, 0.1) is 45.0 Å². The Morgan fingerprint density at radius 1 is 1.11 bits per heavy atom. The maximum atomic E-state index is 14.8. The number of pyridine rings is 2. The van der Waals surface area contributed by atoms with Gasteiger partial charge in [-0.2, -0.15) is 18.4 Å². The van der Waals surface area contributed by atoms with E-state index in [0.29, 0.717) is 33.2 Å². The molecular formula is C31H27ClF4N8. The van der Waals surface area contributed by atoms with E-state index in [1.807, 2.05) is 16.9 Å². The Morgan fingerprint density at radius 2 is 1.89 bits per heavy atom. The van der Waals surface area contributed by atoms with Crippen LogP contribution in [0.3, 0.4) is 0 Å². The van der Waals surface area contributed by atoms with E-state index in [-0.39, 0.29) is 27.3 Å². The molecule has 5 aromatic rings. The van der Waals surface area contributed by atoms with Crippen molar-refractivity contribution in [1.82, 2.24) is 25.0 Å². The number of fused-ring (bicyclic) bond motifs is 2. The van der Waals surface area contributed by atoms with Crippen molar-refractivity contribution < 1.29 is 17.6 Å². The zero-order valence-electron chi connectivity index (χ0n) is 24.0. The van der Waals surface area contributed by atoms with Crippen molar-refractivity contribution in [1.29, 1.82) is 5.26 Å². The second kappa shape index (κ2) is 10.6. The monoisotopic (exact) mass is 622 g/mol. The Bertz CT molecular complexity index is 1940. The predicted molar refractivity (Wildman–Crippen MR) is 160 cm³/mol. The largest absolute Gasteiger partial charge is 0.395 e. The van der Waals surface area contributed by atoms with E-state index < -0.39 is 30.0 Å². The summed E-state index contributed by atoms with van der Waals surface area (Å²) < 4.78 is 57.5. The molecule has 3 aromatic heterocycles. The van der Waals surface area contributed by atoms with Gasteiger partial charge in [-0.1, -0.05) is 28.9 Å². The molecule has 226 valence electrons. The standard InChI is InChI=1S/C31H27ClF4N8/c1-29(2,31(34,35)36)16-40-25-17(13-37)14-39-26-21(25)11-18(12-22(26)32)41-28(24-15-44(43-42-24)30(3)8-9-30)20-6-7-23(33)27-19(20)5-4-10-38-27/h4-7,10-12,14-15,28,41H,8-9,16H2,1-3H3,(H,39,40)/t28-/m0/s1. The van der Waals surface area contributed by atoms with Crippen molar-refractivity contribution in [2.45, 2.75) is 51.4 Å². The molecule has 0 aliphatic heterocycles. The Labute approximate surface area is 255 Å². The lowest BCUT2D eigenvalue weighted by Gasteiger charge is -2.28. The van der Waals surface area contributed by atoms with Gasteiger partial charge in [0.25, 0.3) is 0 Å². The van der Waals surface area contributed by atoms with E-state index in [2.05, 4.69) is 37.8 Å². The van der Waals surface area contributed by atoms with Crippen LogP contribution in [0.2, 0.25) is 5.02 Å². The van der Waals surface area contributed by atoms with Crippen LogP contribution < -0.4 is 10.6 Å². The minimum absolute atomic E-state index is 0.0662. The van der Waals surface area contributed by atoms with Crippen LogP contribution in [0.25, 0.3) is 21.8 Å². The average molecular weight is 623 g/mol. The SMILES string of the molecule is CC1(n2cc([C@@H](Nc3cc(Cl)c4ncc(C#N)c(NCC(C)(C)C(F)(F)F)c4c3)c3ccc(F)c4ncccc34)nn2)CC1. The molecule has 1 aliphatic rings. The fourth-order valence-electron chi connectivity index (χ4n) is 5.00. The normalized spacial score (nSPS) is 15.2. The summed E-state index contributed by atoms with van der Waals surface area (Å²) in [7, 11) is 0. The van der Waals surface area contributed by atoms with E-state index in [9.17, 15) is 22.8 Å². The summed E-state index contributed by atoms with van der Waals surface area (Å²) in [6.45, 7) is 3.76. The highest BCUT2D eigenvalue weighted by Gasteiger charge is 2.47. The summed E-state index contributed by atoms with van der Waals surface area (Å²) in [5, 5.41) is 26.0. The summed E-state index contributed by atoms with van der Waals surface area (Å²) in [5.41, 5.74) is 0.239. The lowest BCUT2D eigenvalue weighted by atomic mass is 9.92. The zero-order valence-corrected chi connectivity index (χ0v) is 24.7. The Hall–Kier alpha value is -4.50. The predicted octanol–water partition coefficient (Wildman–Crippen LogP) is 7.75. The van der Waals surface area contributed by atoms with Crippen molar-refractivity contribution >= 4 is 44.8 Å². The zero-order chi connectivity index (χ0) is 31.4. The van der Waals surface area contributed by atoms with Crippen LogP contribution in [0, 0.1) is 22.6 Å². The van der Waals surface area contributed by atoms with Gasteiger partial charge in [-0.25, -0.2) is 9.07 Å². The number of hydrogen-bond acceptors (Lipinski definition) is 7. The van der Waals surface area contributed by atoms with Gasteiger partial charge < -0.3 is 10.6 Å². The van der Waals surface area contributed by atoms with Gasteiger partial charge in [0.15, 0.2) is 0 Å². The second-order valence-corrected chi connectivity index (χ2v) is 12.4. The number of nitrogens with zero attached hydrogens (tertiary/aromatic N) is 6. The summed E-state index contributed by atoms with van der Waals surface area (Å²) in [6, 6.07) is 11.1. The molecule has 0 spiro atoms. The Kier molecular flexibility index (Phi) is 7.12. The molecule has 0 saturated heterocycles. The fourth-order valence-corrected chi connectivity index (χ4v) is 5.27. The van der Waals surface area contributed by atoms with E-state index >= 15 is 0 Å². The topological polar surface area (TPSA) is 104 Å². The summed E-state index contributed by atoms with van der Waals surface area (Å²) in [4.78, 5) is 8.54. The van der Waals surface area contributed by atoms with Gasteiger partial charge in [-0.05, 0) is 63.4 Å². The van der Waals surface area contributed by atoms with Crippen molar-refractivity contribution in [2.75, 3.05) is 17.2 Å². The number of alkyl halides is 3. The molecule has 1 fully saturated rings. The number of hydrogen-bond donors (Lipinski definition) is 2. The molecule has 1 saturated carbocycles. The van der Waals surface area contributed by atoms with Crippen LogP contribution in [-0.4, -0.2) is 37.7 Å². The molecule has 1 aliphatic carbocycles. The second-order valence-electron chi connectivity index (χ2n) is 11.9. The van der Waals surface area contributed by atoms with Crippen LogP contribution in [-0.2, 0) is 5.54 Å². The third kappa shape index (κ3) is 5.26. The minimum Gasteiger partial charge on any atom is -0.382 e. The maximum absolute atomic E-state index is 14.8. The summed E-state index contributed by atoms with van der Waals surface area (Å²) in [5.74, 6) is -0.474. The highest BCUT2D eigenvalue weighted by Crippen LogP contribution is 2.43. The van der Waals surface area contributed by atoms with E-state index in [1.165, 1.54) is 18.5 Å². The van der Waals surface area contributed by atoms with Crippen molar-refractivity contribution in [3.8, 4) is 6.07 Å². The number of aromatic nitrogens is 5. The molecule has 0 amide bonds. The van der Waals surface area contributed by atoms with Crippen molar-refractivity contribution in [3.63, 3.8) is 0 Å². The van der Waals surface area contributed by atoms with Crippen LogP contribution in [0.1, 0.15) is 56.5 Å². The molecule has 3 heterocycles. The van der Waals surface area contributed by atoms with Crippen LogP contribution >= 0.6 is 11.6 Å². The molecule has 8 nitrogen and oxygen atoms in total. The van der Waals surface area contributed by atoms with Gasteiger partial charge in [0.2, 0.25) is 0 Å². The molecule has 0 unspecified atom stereocenters. The smallest absolute Gasteiger partial charge is 0.382 e. The highest BCUT2D eigenvalue weighted by atomic mass is 35.5. The molecule has 44 heavy (non-hydrogen) atoms. The summed E-state index contributed by atoms with van der Waals surface area (Å²) in [6.07, 6.45) is 2.09. The molecular weight excluding hydrogens is 596 g/mol. The first-order chi connectivity index (χ1) is 20.8. The van der Waals surface area contributed by atoms with Gasteiger partial charge in [-0.15, -0.1) is 5.10 Å². The van der Waals surface area contributed by atoms with Crippen LogP contribution in [0.5, 0.6) is 0 Å². The van der Waals surface area contributed by atoms with Crippen molar-refractivity contribution in [2.24, 2.45) is 5.41 Å². The molecule has 6 rings (SSSR count). The number of nitrogens with one attached hydrogen (secondary N) is 2. The molecule has 2 aromatic carbocycles.